The number of carbonyl (C=O) groups is 2. The molecule has 1 fully saturated rings. The van der Waals surface area contributed by atoms with E-state index in [9.17, 15) is 18.0 Å². The summed E-state index contributed by atoms with van der Waals surface area (Å²) in [5, 5.41) is 5.57. The number of carbonyl (C=O) groups excluding carboxylic acids is 2. The molecule has 1 aromatic carbocycles. The second-order valence-corrected chi connectivity index (χ2v) is 10.6. The highest BCUT2D eigenvalue weighted by atomic mass is 32.2. The standard InChI is InChI=1S/C22H36N4O4S/c1-17(2)14-23-21(27)15-25(4)16-22(28)24-19-10-9-18(3)20(13-19)31(29,30)26-11-7-5-6-8-12-26/h9-10,13,17H,5-8,11-12,14-16H2,1-4H3,(H,23,27)(H,24,28). The van der Waals surface area contributed by atoms with Crippen LogP contribution in [-0.4, -0.2) is 69.2 Å². The third-order valence-corrected chi connectivity index (χ3v) is 7.23. The van der Waals surface area contributed by atoms with Crippen molar-refractivity contribution in [1.29, 1.82) is 0 Å². The quantitative estimate of drug-likeness (QED) is 0.599. The van der Waals surface area contributed by atoms with E-state index in [-0.39, 0.29) is 29.8 Å². The summed E-state index contributed by atoms with van der Waals surface area (Å²) in [5.41, 5.74) is 1.09. The normalized spacial score (nSPS) is 15.7. The summed E-state index contributed by atoms with van der Waals surface area (Å²) < 4.78 is 27.9. The average molecular weight is 453 g/mol. The number of benzene rings is 1. The second kappa shape index (κ2) is 11.6. The topological polar surface area (TPSA) is 98.8 Å². The summed E-state index contributed by atoms with van der Waals surface area (Å²) in [6, 6.07) is 4.94. The van der Waals surface area contributed by atoms with Crippen LogP contribution in [0.15, 0.2) is 23.1 Å². The minimum Gasteiger partial charge on any atom is -0.355 e. The van der Waals surface area contributed by atoms with Gasteiger partial charge in [0, 0.05) is 25.3 Å². The number of hydrogen-bond acceptors (Lipinski definition) is 5. The van der Waals surface area contributed by atoms with Gasteiger partial charge in [0.2, 0.25) is 21.8 Å². The molecule has 0 atom stereocenters. The third-order valence-electron chi connectivity index (χ3n) is 5.19. The number of aryl methyl sites for hydroxylation is 1. The van der Waals surface area contributed by atoms with Crippen LogP contribution in [0.3, 0.4) is 0 Å². The SMILES string of the molecule is Cc1ccc(NC(=O)CN(C)CC(=O)NCC(C)C)cc1S(=O)(=O)N1CCCCCC1. The lowest BCUT2D eigenvalue weighted by Crippen LogP contribution is -2.40. The Kier molecular flexibility index (Phi) is 9.46. The molecule has 2 N–H and O–H groups in total. The summed E-state index contributed by atoms with van der Waals surface area (Å²) in [4.78, 5) is 26.2. The minimum atomic E-state index is -3.61. The molecule has 174 valence electrons. The third kappa shape index (κ3) is 7.90. The Balaban J connectivity index is 2.01. The van der Waals surface area contributed by atoms with Crippen molar-refractivity contribution in [3.05, 3.63) is 23.8 Å². The molecule has 31 heavy (non-hydrogen) atoms. The van der Waals surface area contributed by atoms with Gasteiger partial charge in [-0.1, -0.05) is 32.8 Å². The van der Waals surface area contributed by atoms with Gasteiger partial charge in [-0.05, 0) is 50.4 Å². The van der Waals surface area contributed by atoms with Gasteiger partial charge in [-0.15, -0.1) is 0 Å². The fraction of sp³-hybridized carbons (Fsp3) is 0.636. The summed E-state index contributed by atoms with van der Waals surface area (Å²) in [6.07, 6.45) is 3.83. The van der Waals surface area contributed by atoms with Crippen molar-refractivity contribution in [2.24, 2.45) is 5.92 Å². The van der Waals surface area contributed by atoms with E-state index in [0.29, 0.717) is 36.8 Å². The molecule has 1 heterocycles. The van der Waals surface area contributed by atoms with Gasteiger partial charge in [-0.2, -0.15) is 4.31 Å². The number of amides is 2. The maximum absolute atomic E-state index is 13.2. The fourth-order valence-electron chi connectivity index (χ4n) is 3.50. The first kappa shape index (κ1) is 25.3. The van der Waals surface area contributed by atoms with Crippen LogP contribution in [0.4, 0.5) is 5.69 Å². The van der Waals surface area contributed by atoms with Gasteiger partial charge >= 0.3 is 0 Å². The zero-order valence-corrected chi connectivity index (χ0v) is 19.9. The van der Waals surface area contributed by atoms with Gasteiger partial charge < -0.3 is 10.6 Å². The number of hydrogen-bond donors (Lipinski definition) is 2. The van der Waals surface area contributed by atoms with Crippen LogP contribution < -0.4 is 10.6 Å². The number of rotatable bonds is 9. The largest absolute Gasteiger partial charge is 0.355 e. The highest BCUT2D eigenvalue weighted by Gasteiger charge is 2.27. The molecule has 0 bridgehead atoms. The van der Waals surface area contributed by atoms with E-state index in [1.807, 2.05) is 13.8 Å². The Hall–Kier alpha value is -1.97. The maximum atomic E-state index is 13.2. The lowest BCUT2D eigenvalue weighted by molar-refractivity contribution is -0.123. The Labute approximate surface area is 186 Å². The smallest absolute Gasteiger partial charge is 0.243 e. The molecule has 0 aliphatic carbocycles. The first-order valence-electron chi connectivity index (χ1n) is 11.0. The van der Waals surface area contributed by atoms with Gasteiger partial charge in [-0.25, -0.2) is 8.42 Å². The van der Waals surface area contributed by atoms with E-state index < -0.39 is 10.0 Å². The molecule has 2 amide bonds. The van der Waals surface area contributed by atoms with Crippen molar-refractivity contribution >= 4 is 27.5 Å². The molecule has 0 aromatic heterocycles. The van der Waals surface area contributed by atoms with Gasteiger partial charge in [-0.3, -0.25) is 14.5 Å². The van der Waals surface area contributed by atoms with Crippen molar-refractivity contribution in [2.45, 2.75) is 51.3 Å². The summed E-state index contributed by atoms with van der Waals surface area (Å²) in [7, 11) is -1.91. The van der Waals surface area contributed by atoms with Gasteiger partial charge in [0.1, 0.15) is 0 Å². The van der Waals surface area contributed by atoms with E-state index in [2.05, 4.69) is 10.6 Å². The molecule has 1 aliphatic rings. The molecule has 0 radical (unpaired) electrons. The molecule has 2 rings (SSSR count). The molecule has 0 unspecified atom stereocenters. The molecule has 1 saturated heterocycles. The molecule has 9 heteroatoms. The predicted molar refractivity (Wildman–Crippen MR) is 122 cm³/mol. The monoisotopic (exact) mass is 452 g/mol. The molecular formula is C22H36N4O4S. The number of likely N-dealkylation sites (N-methyl/N-ethyl adjacent to an activating group) is 1. The molecule has 1 aromatic rings. The van der Waals surface area contributed by atoms with Crippen molar-refractivity contribution < 1.29 is 18.0 Å². The first-order chi connectivity index (χ1) is 14.6. The van der Waals surface area contributed by atoms with Crippen molar-refractivity contribution in [2.75, 3.05) is 45.1 Å². The fourth-order valence-corrected chi connectivity index (χ4v) is 5.27. The van der Waals surface area contributed by atoms with Crippen LogP contribution in [0.2, 0.25) is 0 Å². The first-order valence-corrected chi connectivity index (χ1v) is 12.4. The summed E-state index contributed by atoms with van der Waals surface area (Å²) in [5.74, 6) is -0.0785. The maximum Gasteiger partial charge on any atom is 0.243 e. The second-order valence-electron chi connectivity index (χ2n) is 8.72. The highest BCUT2D eigenvalue weighted by Crippen LogP contribution is 2.25. The number of anilines is 1. The lowest BCUT2D eigenvalue weighted by atomic mass is 10.2. The van der Waals surface area contributed by atoms with E-state index in [1.54, 1.807) is 35.3 Å². The average Bonchev–Trinajstić information content (AvgIpc) is 2.97. The highest BCUT2D eigenvalue weighted by molar-refractivity contribution is 7.89. The van der Waals surface area contributed by atoms with E-state index in [1.165, 1.54) is 6.07 Å². The summed E-state index contributed by atoms with van der Waals surface area (Å²) >= 11 is 0. The number of nitrogens with one attached hydrogen (secondary N) is 2. The van der Waals surface area contributed by atoms with Crippen LogP contribution in [0, 0.1) is 12.8 Å². The van der Waals surface area contributed by atoms with E-state index in [0.717, 1.165) is 25.7 Å². The van der Waals surface area contributed by atoms with Crippen molar-refractivity contribution in [3.63, 3.8) is 0 Å². The van der Waals surface area contributed by atoms with Crippen LogP contribution >= 0.6 is 0 Å². The van der Waals surface area contributed by atoms with Crippen LogP contribution in [0.25, 0.3) is 0 Å². The van der Waals surface area contributed by atoms with Gasteiger partial charge in [0.15, 0.2) is 0 Å². The van der Waals surface area contributed by atoms with Crippen LogP contribution in [0.1, 0.15) is 45.1 Å². The van der Waals surface area contributed by atoms with Crippen LogP contribution in [0.5, 0.6) is 0 Å². The minimum absolute atomic E-state index is 0.0250. The Morgan fingerprint density at radius 1 is 1.06 bits per heavy atom. The van der Waals surface area contributed by atoms with E-state index in [4.69, 9.17) is 0 Å². The van der Waals surface area contributed by atoms with Crippen LogP contribution in [-0.2, 0) is 19.6 Å². The zero-order valence-electron chi connectivity index (χ0n) is 19.1. The predicted octanol–water partition coefficient (Wildman–Crippen LogP) is 2.20. The van der Waals surface area contributed by atoms with Gasteiger partial charge in [0.05, 0.1) is 18.0 Å². The summed E-state index contributed by atoms with van der Waals surface area (Å²) in [6.45, 7) is 7.58. The Morgan fingerprint density at radius 2 is 1.68 bits per heavy atom. The lowest BCUT2D eigenvalue weighted by Gasteiger charge is -2.22. The van der Waals surface area contributed by atoms with E-state index >= 15 is 0 Å². The number of sulfonamides is 1. The Morgan fingerprint density at radius 3 is 2.29 bits per heavy atom. The Bertz CT molecular complexity index is 862. The zero-order chi connectivity index (χ0) is 23.0. The van der Waals surface area contributed by atoms with Gasteiger partial charge in [0.25, 0.3) is 0 Å². The van der Waals surface area contributed by atoms with Crippen molar-refractivity contribution in [1.82, 2.24) is 14.5 Å². The molecule has 1 aliphatic heterocycles. The number of nitrogens with zero attached hydrogens (tertiary/aromatic N) is 2. The molecule has 0 saturated carbocycles. The molecule has 8 nitrogen and oxygen atoms in total. The molecule has 0 spiro atoms. The van der Waals surface area contributed by atoms with Crippen molar-refractivity contribution in [3.8, 4) is 0 Å². The molecular weight excluding hydrogens is 416 g/mol.